The number of amides is 2. The smallest absolute Gasteiger partial charge is 0.220 e. The number of aliphatic hydroxyl groups is 1. The van der Waals surface area contributed by atoms with E-state index in [9.17, 15) is 9.59 Å². The lowest BCUT2D eigenvalue weighted by molar-refractivity contribution is -0.122. The van der Waals surface area contributed by atoms with E-state index in [0.29, 0.717) is 18.1 Å². The number of rotatable bonds is 8. The van der Waals surface area contributed by atoms with Gasteiger partial charge >= 0.3 is 0 Å². The van der Waals surface area contributed by atoms with Crippen LogP contribution in [0.2, 0.25) is 0 Å². The van der Waals surface area contributed by atoms with Crippen molar-refractivity contribution in [2.75, 3.05) is 13.2 Å². The third-order valence-electron chi connectivity index (χ3n) is 2.31. The second-order valence-corrected chi connectivity index (χ2v) is 4.07. The molecule has 1 rings (SSSR count). The van der Waals surface area contributed by atoms with Crippen LogP contribution in [-0.2, 0) is 16.1 Å². The SMILES string of the molecule is Cc1nnc(CNC(=O)CCCC(=O)NCCO)nn1. The molecule has 1 heterocycles. The Morgan fingerprint density at radius 2 is 1.65 bits per heavy atom. The van der Waals surface area contributed by atoms with Crippen molar-refractivity contribution in [3.63, 3.8) is 0 Å². The number of nitrogens with zero attached hydrogens (tertiary/aromatic N) is 4. The molecule has 20 heavy (non-hydrogen) atoms. The Balaban J connectivity index is 2.14. The van der Waals surface area contributed by atoms with Gasteiger partial charge in [-0.3, -0.25) is 9.59 Å². The molecular formula is C11H18N6O3. The lowest BCUT2D eigenvalue weighted by Gasteiger charge is -2.04. The fourth-order valence-electron chi connectivity index (χ4n) is 1.33. The number of aromatic nitrogens is 4. The van der Waals surface area contributed by atoms with E-state index in [1.807, 2.05) is 0 Å². The average Bonchev–Trinajstić information content (AvgIpc) is 2.44. The van der Waals surface area contributed by atoms with E-state index in [2.05, 4.69) is 31.0 Å². The van der Waals surface area contributed by atoms with Crippen molar-refractivity contribution in [1.29, 1.82) is 0 Å². The molecule has 0 aliphatic heterocycles. The summed E-state index contributed by atoms with van der Waals surface area (Å²) in [6.45, 7) is 1.97. The normalized spacial score (nSPS) is 10.1. The van der Waals surface area contributed by atoms with Crippen molar-refractivity contribution in [1.82, 2.24) is 31.0 Å². The van der Waals surface area contributed by atoms with Gasteiger partial charge in [0.1, 0.15) is 0 Å². The summed E-state index contributed by atoms with van der Waals surface area (Å²) >= 11 is 0. The van der Waals surface area contributed by atoms with E-state index in [1.54, 1.807) is 6.92 Å². The summed E-state index contributed by atoms with van der Waals surface area (Å²) in [4.78, 5) is 22.7. The molecule has 0 saturated heterocycles. The minimum atomic E-state index is -0.191. The van der Waals surface area contributed by atoms with Crippen LogP contribution in [0, 0.1) is 6.92 Å². The Bertz CT molecular complexity index is 436. The largest absolute Gasteiger partial charge is 0.395 e. The van der Waals surface area contributed by atoms with Gasteiger partial charge in [-0.2, -0.15) is 0 Å². The van der Waals surface area contributed by atoms with E-state index in [-0.39, 0.29) is 44.4 Å². The zero-order valence-corrected chi connectivity index (χ0v) is 11.3. The number of aliphatic hydroxyl groups excluding tert-OH is 1. The number of nitrogens with one attached hydrogen (secondary N) is 2. The first kappa shape index (κ1) is 15.9. The van der Waals surface area contributed by atoms with Crippen LogP contribution in [0.1, 0.15) is 30.9 Å². The maximum Gasteiger partial charge on any atom is 0.220 e. The molecule has 0 unspecified atom stereocenters. The Labute approximate surface area is 116 Å². The minimum Gasteiger partial charge on any atom is -0.395 e. The second-order valence-electron chi connectivity index (χ2n) is 4.07. The van der Waals surface area contributed by atoms with Gasteiger partial charge in [0.2, 0.25) is 11.8 Å². The van der Waals surface area contributed by atoms with Gasteiger partial charge in [0.25, 0.3) is 0 Å². The zero-order chi connectivity index (χ0) is 14.8. The van der Waals surface area contributed by atoms with Crippen LogP contribution in [0.5, 0.6) is 0 Å². The van der Waals surface area contributed by atoms with Crippen molar-refractivity contribution in [2.24, 2.45) is 0 Å². The summed E-state index contributed by atoms with van der Waals surface area (Å²) in [7, 11) is 0. The molecule has 0 spiro atoms. The number of hydrogen-bond acceptors (Lipinski definition) is 7. The second kappa shape index (κ2) is 8.86. The first-order valence-corrected chi connectivity index (χ1v) is 6.29. The van der Waals surface area contributed by atoms with Gasteiger partial charge in [-0.05, 0) is 13.3 Å². The molecule has 9 nitrogen and oxygen atoms in total. The van der Waals surface area contributed by atoms with Gasteiger partial charge in [-0.15, -0.1) is 20.4 Å². The number of carbonyl (C=O) groups is 2. The number of carbonyl (C=O) groups excluding carboxylic acids is 2. The lowest BCUT2D eigenvalue weighted by atomic mass is 10.2. The first-order valence-electron chi connectivity index (χ1n) is 6.29. The van der Waals surface area contributed by atoms with Crippen molar-refractivity contribution >= 4 is 11.8 Å². The maximum atomic E-state index is 11.5. The quantitative estimate of drug-likeness (QED) is 0.527. The third-order valence-corrected chi connectivity index (χ3v) is 2.31. The van der Waals surface area contributed by atoms with Gasteiger partial charge in [0, 0.05) is 19.4 Å². The van der Waals surface area contributed by atoms with E-state index in [1.165, 1.54) is 0 Å². The Morgan fingerprint density at radius 1 is 1.05 bits per heavy atom. The fraction of sp³-hybridized carbons (Fsp3) is 0.636. The number of aryl methyl sites for hydroxylation is 1. The molecule has 9 heteroatoms. The van der Waals surface area contributed by atoms with E-state index >= 15 is 0 Å². The van der Waals surface area contributed by atoms with Crippen molar-refractivity contribution in [3.05, 3.63) is 11.6 Å². The van der Waals surface area contributed by atoms with E-state index in [4.69, 9.17) is 5.11 Å². The highest BCUT2D eigenvalue weighted by molar-refractivity contribution is 5.78. The molecule has 0 radical (unpaired) electrons. The molecule has 1 aromatic heterocycles. The highest BCUT2D eigenvalue weighted by atomic mass is 16.3. The molecule has 2 amide bonds. The highest BCUT2D eigenvalue weighted by Gasteiger charge is 2.06. The van der Waals surface area contributed by atoms with Crippen molar-refractivity contribution in [2.45, 2.75) is 32.7 Å². The van der Waals surface area contributed by atoms with Gasteiger partial charge < -0.3 is 15.7 Å². The van der Waals surface area contributed by atoms with Crippen LogP contribution < -0.4 is 10.6 Å². The van der Waals surface area contributed by atoms with Crippen LogP contribution in [0.25, 0.3) is 0 Å². The summed E-state index contributed by atoms with van der Waals surface area (Å²) in [5, 5.41) is 28.6. The molecule has 0 aliphatic carbocycles. The predicted octanol–water partition coefficient (Wildman–Crippen LogP) is -1.53. The molecule has 3 N–H and O–H groups in total. The molecule has 110 valence electrons. The summed E-state index contributed by atoms with van der Waals surface area (Å²) < 4.78 is 0. The molecule has 0 atom stereocenters. The van der Waals surface area contributed by atoms with Crippen molar-refractivity contribution in [3.8, 4) is 0 Å². The predicted molar refractivity (Wildman–Crippen MR) is 68.2 cm³/mol. The summed E-state index contributed by atoms with van der Waals surface area (Å²) in [5.41, 5.74) is 0. The molecule has 0 aromatic carbocycles. The van der Waals surface area contributed by atoms with Gasteiger partial charge in [-0.1, -0.05) is 0 Å². The van der Waals surface area contributed by atoms with Crippen molar-refractivity contribution < 1.29 is 14.7 Å². The van der Waals surface area contributed by atoms with E-state index < -0.39 is 0 Å². The highest BCUT2D eigenvalue weighted by Crippen LogP contribution is 1.96. The Hall–Kier alpha value is -2.16. The third kappa shape index (κ3) is 6.69. The molecule has 0 saturated carbocycles. The standard InChI is InChI=1S/C11H18N6O3/c1-8-14-16-9(17-15-8)7-13-11(20)4-2-3-10(19)12-5-6-18/h18H,2-7H2,1H3,(H,12,19)(H,13,20). The number of hydrogen-bond donors (Lipinski definition) is 3. The summed E-state index contributed by atoms with van der Waals surface area (Å²) in [6, 6.07) is 0. The molecule has 1 aromatic rings. The topological polar surface area (TPSA) is 130 Å². The summed E-state index contributed by atoms with van der Waals surface area (Å²) in [5.74, 6) is 0.435. The van der Waals surface area contributed by atoms with Gasteiger partial charge in [0.15, 0.2) is 11.6 Å². The van der Waals surface area contributed by atoms with Crippen LogP contribution in [-0.4, -0.2) is 50.5 Å². The minimum absolute atomic E-state index is 0.0924. The van der Waals surface area contributed by atoms with Crippen LogP contribution in [0.15, 0.2) is 0 Å². The summed E-state index contributed by atoms with van der Waals surface area (Å²) in [6.07, 6.45) is 0.922. The zero-order valence-electron chi connectivity index (χ0n) is 11.3. The van der Waals surface area contributed by atoms with E-state index in [0.717, 1.165) is 0 Å². The fourth-order valence-corrected chi connectivity index (χ4v) is 1.33. The monoisotopic (exact) mass is 282 g/mol. The lowest BCUT2D eigenvalue weighted by Crippen LogP contribution is -2.27. The molecule has 0 bridgehead atoms. The van der Waals surface area contributed by atoms with Crippen LogP contribution in [0.3, 0.4) is 0 Å². The van der Waals surface area contributed by atoms with Gasteiger partial charge in [-0.25, -0.2) is 0 Å². The van der Waals surface area contributed by atoms with Crippen LogP contribution >= 0.6 is 0 Å². The first-order chi connectivity index (χ1) is 9.61. The van der Waals surface area contributed by atoms with Gasteiger partial charge in [0.05, 0.1) is 13.2 Å². The Kier molecular flexibility index (Phi) is 7.04. The average molecular weight is 282 g/mol. The Morgan fingerprint density at radius 3 is 2.25 bits per heavy atom. The molecular weight excluding hydrogens is 264 g/mol. The molecule has 0 fully saturated rings. The molecule has 0 aliphatic rings. The van der Waals surface area contributed by atoms with Crippen LogP contribution in [0.4, 0.5) is 0 Å². The maximum absolute atomic E-state index is 11.5.